The summed E-state index contributed by atoms with van der Waals surface area (Å²) in [6.07, 6.45) is 1.61. The maximum atomic E-state index is 11.6. The number of carbonyl (C=O) groups excluding carboxylic acids is 1. The standard InChI is InChI=1S/C15H17N3O2/c1-11-6-7-13(12(2)9-11)20-10-17-15(19)18-14-5-3-4-8-16-14/h3-9H,10H2,1-2H3,(H2,16,17,18,19). The molecule has 2 rings (SSSR count). The number of aromatic nitrogens is 1. The molecule has 0 aliphatic heterocycles. The summed E-state index contributed by atoms with van der Waals surface area (Å²) in [5, 5.41) is 5.22. The van der Waals surface area contributed by atoms with E-state index in [0.29, 0.717) is 5.82 Å². The monoisotopic (exact) mass is 271 g/mol. The molecule has 104 valence electrons. The van der Waals surface area contributed by atoms with E-state index < -0.39 is 0 Å². The Morgan fingerprint density at radius 3 is 2.80 bits per heavy atom. The van der Waals surface area contributed by atoms with Crippen LogP contribution in [0.5, 0.6) is 5.75 Å². The third kappa shape index (κ3) is 3.98. The van der Waals surface area contributed by atoms with Crippen LogP contribution in [-0.4, -0.2) is 17.7 Å². The van der Waals surface area contributed by atoms with Crippen molar-refractivity contribution in [1.29, 1.82) is 0 Å². The van der Waals surface area contributed by atoms with Crippen LogP contribution in [0.25, 0.3) is 0 Å². The zero-order valence-corrected chi connectivity index (χ0v) is 11.5. The van der Waals surface area contributed by atoms with Gasteiger partial charge in [-0.05, 0) is 37.6 Å². The van der Waals surface area contributed by atoms with Gasteiger partial charge in [-0.2, -0.15) is 0 Å². The van der Waals surface area contributed by atoms with Gasteiger partial charge in [0.15, 0.2) is 6.73 Å². The molecule has 0 spiro atoms. The molecule has 0 fully saturated rings. The molecule has 5 nitrogen and oxygen atoms in total. The molecule has 0 aliphatic rings. The van der Waals surface area contributed by atoms with E-state index in [2.05, 4.69) is 15.6 Å². The zero-order valence-electron chi connectivity index (χ0n) is 11.5. The molecule has 0 saturated heterocycles. The quantitative estimate of drug-likeness (QED) is 0.840. The van der Waals surface area contributed by atoms with Gasteiger partial charge in [-0.3, -0.25) is 5.32 Å². The average Bonchev–Trinajstić information content (AvgIpc) is 2.42. The molecule has 2 amide bonds. The number of nitrogens with zero attached hydrogens (tertiary/aromatic N) is 1. The van der Waals surface area contributed by atoms with Crippen molar-refractivity contribution in [3.63, 3.8) is 0 Å². The maximum Gasteiger partial charge on any atom is 0.323 e. The highest BCUT2D eigenvalue weighted by Gasteiger charge is 2.03. The Kier molecular flexibility index (Phi) is 4.55. The highest BCUT2D eigenvalue weighted by atomic mass is 16.5. The summed E-state index contributed by atoms with van der Waals surface area (Å²) in [5.74, 6) is 1.25. The Hall–Kier alpha value is -2.56. The van der Waals surface area contributed by atoms with E-state index in [1.807, 2.05) is 32.0 Å². The van der Waals surface area contributed by atoms with Crippen molar-refractivity contribution in [2.75, 3.05) is 12.0 Å². The Morgan fingerprint density at radius 2 is 2.10 bits per heavy atom. The number of benzene rings is 1. The topological polar surface area (TPSA) is 63.2 Å². The Bertz CT molecular complexity index is 585. The predicted molar refractivity (Wildman–Crippen MR) is 77.8 cm³/mol. The minimum Gasteiger partial charge on any atom is -0.473 e. The lowest BCUT2D eigenvalue weighted by Crippen LogP contribution is -2.32. The highest BCUT2D eigenvalue weighted by molar-refractivity contribution is 5.87. The number of ether oxygens (including phenoxy) is 1. The maximum absolute atomic E-state index is 11.6. The molecule has 0 unspecified atom stereocenters. The Balaban J connectivity index is 1.79. The number of rotatable bonds is 4. The van der Waals surface area contributed by atoms with E-state index in [1.165, 1.54) is 5.56 Å². The smallest absolute Gasteiger partial charge is 0.323 e. The minimum atomic E-state index is -0.353. The number of pyridine rings is 1. The van der Waals surface area contributed by atoms with Crippen LogP contribution in [-0.2, 0) is 0 Å². The van der Waals surface area contributed by atoms with Gasteiger partial charge in [0, 0.05) is 6.20 Å². The number of amides is 2. The molecule has 2 aromatic rings. The summed E-state index contributed by atoms with van der Waals surface area (Å²) < 4.78 is 5.51. The molecule has 0 bridgehead atoms. The SMILES string of the molecule is Cc1ccc(OCNC(=O)Nc2ccccn2)c(C)c1. The lowest BCUT2D eigenvalue weighted by atomic mass is 10.1. The summed E-state index contributed by atoms with van der Waals surface area (Å²) in [5.41, 5.74) is 2.22. The second-order valence-electron chi connectivity index (χ2n) is 4.40. The largest absolute Gasteiger partial charge is 0.473 e. The van der Waals surface area contributed by atoms with E-state index in [4.69, 9.17) is 4.74 Å². The summed E-state index contributed by atoms with van der Waals surface area (Å²) in [6, 6.07) is 10.8. The molecule has 5 heteroatoms. The van der Waals surface area contributed by atoms with Crippen LogP contribution in [0.2, 0.25) is 0 Å². The van der Waals surface area contributed by atoms with Crippen molar-refractivity contribution < 1.29 is 9.53 Å². The van der Waals surface area contributed by atoms with Crippen molar-refractivity contribution in [3.05, 3.63) is 53.7 Å². The first-order valence-electron chi connectivity index (χ1n) is 6.31. The number of anilines is 1. The van der Waals surface area contributed by atoms with Crippen LogP contribution in [0.15, 0.2) is 42.6 Å². The summed E-state index contributed by atoms with van der Waals surface area (Å²) in [4.78, 5) is 15.6. The summed E-state index contributed by atoms with van der Waals surface area (Å²) in [6.45, 7) is 4.09. The average molecular weight is 271 g/mol. The zero-order chi connectivity index (χ0) is 14.4. The lowest BCUT2D eigenvalue weighted by Gasteiger charge is -2.11. The lowest BCUT2D eigenvalue weighted by molar-refractivity contribution is 0.234. The summed E-state index contributed by atoms with van der Waals surface area (Å²) in [7, 11) is 0. The first-order valence-corrected chi connectivity index (χ1v) is 6.31. The van der Waals surface area contributed by atoms with Gasteiger partial charge in [0.2, 0.25) is 0 Å². The Morgan fingerprint density at radius 1 is 1.25 bits per heavy atom. The molecule has 1 aromatic carbocycles. The normalized spacial score (nSPS) is 9.90. The second-order valence-corrected chi connectivity index (χ2v) is 4.40. The van der Waals surface area contributed by atoms with Crippen LogP contribution in [0.4, 0.5) is 10.6 Å². The van der Waals surface area contributed by atoms with Crippen molar-refractivity contribution in [3.8, 4) is 5.75 Å². The predicted octanol–water partition coefficient (Wildman–Crippen LogP) is 2.86. The van der Waals surface area contributed by atoms with Crippen molar-refractivity contribution in [2.24, 2.45) is 0 Å². The van der Waals surface area contributed by atoms with Crippen LogP contribution in [0, 0.1) is 13.8 Å². The third-order valence-corrected chi connectivity index (χ3v) is 2.70. The molecule has 0 radical (unpaired) electrons. The fourth-order valence-corrected chi connectivity index (χ4v) is 1.74. The van der Waals surface area contributed by atoms with Gasteiger partial charge in [-0.15, -0.1) is 0 Å². The molecule has 0 saturated carbocycles. The number of hydrogen-bond donors (Lipinski definition) is 2. The number of urea groups is 1. The van der Waals surface area contributed by atoms with Gasteiger partial charge >= 0.3 is 6.03 Å². The number of hydrogen-bond acceptors (Lipinski definition) is 3. The Labute approximate surface area is 118 Å². The van der Waals surface area contributed by atoms with Gasteiger partial charge in [0.25, 0.3) is 0 Å². The van der Waals surface area contributed by atoms with Crippen molar-refractivity contribution in [2.45, 2.75) is 13.8 Å². The number of nitrogens with one attached hydrogen (secondary N) is 2. The van der Waals surface area contributed by atoms with E-state index in [-0.39, 0.29) is 12.8 Å². The van der Waals surface area contributed by atoms with E-state index in [1.54, 1.807) is 24.4 Å². The third-order valence-electron chi connectivity index (χ3n) is 2.70. The molecule has 2 N–H and O–H groups in total. The first-order chi connectivity index (χ1) is 9.65. The van der Waals surface area contributed by atoms with Gasteiger partial charge in [-0.25, -0.2) is 9.78 Å². The second kappa shape index (κ2) is 6.56. The van der Waals surface area contributed by atoms with E-state index in [0.717, 1.165) is 11.3 Å². The molecule has 0 atom stereocenters. The van der Waals surface area contributed by atoms with E-state index in [9.17, 15) is 4.79 Å². The van der Waals surface area contributed by atoms with Gasteiger partial charge < -0.3 is 10.1 Å². The van der Waals surface area contributed by atoms with Crippen LogP contribution >= 0.6 is 0 Å². The van der Waals surface area contributed by atoms with Crippen LogP contribution in [0.1, 0.15) is 11.1 Å². The fourth-order valence-electron chi connectivity index (χ4n) is 1.74. The molecule has 1 aromatic heterocycles. The van der Waals surface area contributed by atoms with Gasteiger partial charge in [-0.1, -0.05) is 23.8 Å². The van der Waals surface area contributed by atoms with Crippen LogP contribution < -0.4 is 15.4 Å². The van der Waals surface area contributed by atoms with Gasteiger partial charge in [0.1, 0.15) is 11.6 Å². The molecule has 0 aliphatic carbocycles. The molecular formula is C15H17N3O2. The van der Waals surface area contributed by atoms with Gasteiger partial charge in [0.05, 0.1) is 0 Å². The number of aryl methyl sites for hydroxylation is 2. The molecular weight excluding hydrogens is 254 g/mol. The van der Waals surface area contributed by atoms with Crippen molar-refractivity contribution >= 4 is 11.8 Å². The van der Waals surface area contributed by atoms with Crippen molar-refractivity contribution in [1.82, 2.24) is 10.3 Å². The number of carbonyl (C=O) groups is 1. The first kappa shape index (κ1) is 13.9. The highest BCUT2D eigenvalue weighted by Crippen LogP contribution is 2.18. The summed E-state index contributed by atoms with van der Waals surface area (Å²) >= 11 is 0. The minimum absolute atomic E-state index is 0.0998. The molecule has 1 heterocycles. The fraction of sp³-hybridized carbons (Fsp3) is 0.200. The molecule has 20 heavy (non-hydrogen) atoms. The van der Waals surface area contributed by atoms with E-state index >= 15 is 0 Å². The van der Waals surface area contributed by atoms with Crippen LogP contribution in [0.3, 0.4) is 0 Å².